The van der Waals surface area contributed by atoms with E-state index in [0.717, 1.165) is 23.2 Å². The number of fused-ring (bicyclic) bond motifs is 2. The number of hydrogen-bond acceptors (Lipinski definition) is 5. The van der Waals surface area contributed by atoms with Gasteiger partial charge < -0.3 is 19.1 Å². The number of carbonyl (C=O) groups is 2. The normalized spacial score (nSPS) is 17.6. The number of aryl methyl sites for hydroxylation is 1. The Labute approximate surface area is 164 Å². The summed E-state index contributed by atoms with van der Waals surface area (Å²) < 4.78 is 17.5. The molecule has 1 spiro atoms. The molecule has 1 amide bonds. The number of ether oxygens (including phenoxy) is 3. The first-order valence-electron chi connectivity index (χ1n) is 9.46. The van der Waals surface area contributed by atoms with Gasteiger partial charge >= 0.3 is 0 Å². The lowest BCUT2D eigenvalue weighted by Crippen LogP contribution is -2.48. The Morgan fingerprint density at radius 3 is 2.54 bits per heavy atom. The van der Waals surface area contributed by atoms with E-state index in [9.17, 15) is 9.59 Å². The summed E-state index contributed by atoms with van der Waals surface area (Å²) in [7, 11) is 0. The predicted octanol–water partition coefficient (Wildman–Crippen LogP) is 3.21. The maximum atomic E-state index is 13.2. The standard InChI is InChI=1S/C22H23NO5/c1-15-4-9-20-19(14-15)22(27-11-3-12-28-22)21(25)23(20)10-13-26-18-7-5-17(6-8-18)16(2)24/h4-9,14H,3,10-13H2,1-2H3. The predicted molar refractivity (Wildman–Crippen MR) is 104 cm³/mol. The molecule has 0 aromatic heterocycles. The van der Waals surface area contributed by atoms with E-state index < -0.39 is 5.79 Å². The molecular weight excluding hydrogens is 358 g/mol. The van der Waals surface area contributed by atoms with Gasteiger partial charge in [-0.05, 0) is 56.7 Å². The van der Waals surface area contributed by atoms with Crippen molar-refractivity contribution < 1.29 is 23.8 Å². The first-order chi connectivity index (χ1) is 13.5. The average Bonchev–Trinajstić information content (AvgIpc) is 2.91. The quantitative estimate of drug-likeness (QED) is 0.744. The molecule has 2 aliphatic heterocycles. The van der Waals surface area contributed by atoms with Crippen molar-refractivity contribution in [3.8, 4) is 5.75 Å². The molecule has 4 rings (SSSR count). The fraction of sp³-hybridized carbons (Fsp3) is 0.364. The van der Waals surface area contributed by atoms with Gasteiger partial charge in [-0.15, -0.1) is 0 Å². The number of anilines is 1. The van der Waals surface area contributed by atoms with Crippen molar-refractivity contribution in [1.29, 1.82) is 0 Å². The molecule has 2 aliphatic rings. The van der Waals surface area contributed by atoms with Gasteiger partial charge in [0.15, 0.2) is 5.78 Å². The number of Topliss-reactive ketones (excluding diaryl/α,β-unsaturated/α-hetero) is 1. The van der Waals surface area contributed by atoms with Crippen molar-refractivity contribution in [2.24, 2.45) is 0 Å². The molecule has 146 valence electrons. The summed E-state index contributed by atoms with van der Waals surface area (Å²) in [6.07, 6.45) is 0.773. The number of ketones is 1. The van der Waals surface area contributed by atoms with Crippen molar-refractivity contribution in [3.05, 3.63) is 59.2 Å². The molecule has 1 saturated heterocycles. The first kappa shape index (κ1) is 18.7. The summed E-state index contributed by atoms with van der Waals surface area (Å²) in [4.78, 5) is 26.2. The fourth-order valence-electron chi connectivity index (χ4n) is 3.63. The average molecular weight is 381 g/mol. The maximum Gasteiger partial charge on any atom is 0.292 e. The first-order valence-corrected chi connectivity index (χ1v) is 9.46. The van der Waals surface area contributed by atoms with Gasteiger partial charge in [0.1, 0.15) is 12.4 Å². The highest BCUT2D eigenvalue weighted by atomic mass is 16.7. The van der Waals surface area contributed by atoms with Gasteiger partial charge in [0, 0.05) is 11.1 Å². The molecule has 0 N–H and O–H groups in total. The highest BCUT2D eigenvalue weighted by Gasteiger charge is 2.54. The molecule has 0 aliphatic carbocycles. The number of hydrogen-bond donors (Lipinski definition) is 0. The summed E-state index contributed by atoms with van der Waals surface area (Å²) >= 11 is 0. The molecule has 2 heterocycles. The van der Waals surface area contributed by atoms with Crippen LogP contribution in [0.4, 0.5) is 5.69 Å². The Morgan fingerprint density at radius 1 is 1.14 bits per heavy atom. The monoisotopic (exact) mass is 381 g/mol. The van der Waals surface area contributed by atoms with E-state index in [1.807, 2.05) is 25.1 Å². The molecular formula is C22H23NO5. The molecule has 0 bridgehead atoms. The van der Waals surface area contributed by atoms with Crippen molar-refractivity contribution in [1.82, 2.24) is 0 Å². The van der Waals surface area contributed by atoms with Crippen LogP contribution in [0.2, 0.25) is 0 Å². The molecule has 6 nitrogen and oxygen atoms in total. The molecule has 0 atom stereocenters. The molecule has 6 heteroatoms. The second kappa shape index (κ2) is 7.37. The lowest BCUT2D eigenvalue weighted by Gasteiger charge is -2.32. The molecule has 1 fully saturated rings. The van der Waals surface area contributed by atoms with E-state index in [2.05, 4.69) is 0 Å². The molecule has 0 radical (unpaired) electrons. The number of amides is 1. The molecule has 2 aromatic rings. The zero-order valence-electron chi connectivity index (χ0n) is 16.1. The van der Waals surface area contributed by atoms with Gasteiger partial charge in [-0.1, -0.05) is 11.6 Å². The topological polar surface area (TPSA) is 65.1 Å². The lowest BCUT2D eigenvalue weighted by atomic mass is 10.0. The van der Waals surface area contributed by atoms with Crippen LogP contribution in [0.15, 0.2) is 42.5 Å². The van der Waals surface area contributed by atoms with Crippen LogP contribution < -0.4 is 9.64 Å². The van der Waals surface area contributed by atoms with Gasteiger partial charge in [0.05, 0.1) is 25.4 Å². The van der Waals surface area contributed by atoms with Crippen molar-refractivity contribution >= 4 is 17.4 Å². The largest absolute Gasteiger partial charge is 0.492 e. The van der Waals surface area contributed by atoms with Gasteiger partial charge in [-0.3, -0.25) is 9.59 Å². The van der Waals surface area contributed by atoms with Gasteiger partial charge in [0.25, 0.3) is 11.7 Å². The smallest absolute Gasteiger partial charge is 0.292 e. The van der Waals surface area contributed by atoms with Gasteiger partial charge in [0.2, 0.25) is 0 Å². The van der Waals surface area contributed by atoms with E-state index >= 15 is 0 Å². The zero-order valence-corrected chi connectivity index (χ0v) is 16.1. The summed E-state index contributed by atoms with van der Waals surface area (Å²) in [6.45, 7) is 5.18. The molecule has 0 saturated carbocycles. The van der Waals surface area contributed by atoms with Crippen LogP contribution >= 0.6 is 0 Å². The molecule has 28 heavy (non-hydrogen) atoms. The third kappa shape index (κ3) is 3.19. The minimum Gasteiger partial charge on any atom is -0.492 e. The highest BCUT2D eigenvalue weighted by molar-refractivity contribution is 6.06. The van der Waals surface area contributed by atoms with Crippen LogP contribution in [0.1, 0.15) is 34.8 Å². The number of benzene rings is 2. The van der Waals surface area contributed by atoms with Gasteiger partial charge in [-0.2, -0.15) is 0 Å². The minimum atomic E-state index is -1.33. The number of rotatable bonds is 5. The summed E-state index contributed by atoms with van der Waals surface area (Å²) in [5, 5.41) is 0. The minimum absolute atomic E-state index is 0.0129. The van der Waals surface area contributed by atoms with Crippen LogP contribution in [0, 0.1) is 6.92 Å². The van der Waals surface area contributed by atoms with E-state index in [1.54, 1.807) is 29.2 Å². The maximum absolute atomic E-state index is 13.2. The second-order valence-corrected chi connectivity index (χ2v) is 7.07. The van der Waals surface area contributed by atoms with E-state index in [1.165, 1.54) is 6.92 Å². The Hall–Kier alpha value is -2.70. The van der Waals surface area contributed by atoms with Crippen molar-refractivity contribution in [2.75, 3.05) is 31.3 Å². The molecule has 2 aromatic carbocycles. The zero-order chi connectivity index (χ0) is 19.7. The Balaban J connectivity index is 1.50. The van der Waals surface area contributed by atoms with Crippen LogP contribution in [0.5, 0.6) is 5.75 Å². The highest BCUT2D eigenvalue weighted by Crippen LogP contribution is 2.45. The van der Waals surface area contributed by atoms with Gasteiger partial charge in [-0.25, -0.2) is 0 Å². The van der Waals surface area contributed by atoms with E-state index in [0.29, 0.717) is 37.7 Å². The number of nitrogens with zero attached hydrogens (tertiary/aromatic N) is 1. The Kier molecular flexibility index (Phi) is 4.91. The lowest BCUT2D eigenvalue weighted by molar-refractivity contribution is -0.256. The van der Waals surface area contributed by atoms with Crippen LogP contribution in [-0.4, -0.2) is 38.1 Å². The SMILES string of the molecule is CC(=O)c1ccc(OCCN2C(=O)C3(OCCCO3)c3cc(C)ccc32)cc1. The molecule has 0 unspecified atom stereocenters. The van der Waals surface area contributed by atoms with E-state index in [4.69, 9.17) is 14.2 Å². The summed E-state index contributed by atoms with van der Waals surface area (Å²) in [5.74, 6) is -0.870. The summed E-state index contributed by atoms with van der Waals surface area (Å²) in [6, 6.07) is 12.8. The van der Waals surface area contributed by atoms with Crippen LogP contribution in [-0.2, 0) is 20.1 Å². The third-order valence-electron chi connectivity index (χ3n) is 5.07. The fourth-order valence-corrected chi connectivity index (χ4v) is 3.63. The Bertz CT molecular complexity index is 900. The van der Waals surface area contributed by atoms with E-state index in [-0.39, 0.29) is 11.7 Å². The van der Waals surface area contributed by atoms with Crippen LogP contribution in [0.25, 0.3) is 0 Å². The van der Waals surface area contributed by atoms with Crippen molar-refractivity contribution in [2.45, 2.75) is 26.1 Å². The third-order valence-corrected chi connectivity index (χ3v) is 5.07. The number of carbonyl (C=O) groups excluding carboxylic acids is 2. The Morgan fingerprint density at radius 2 is 1.86 bits per heavy atom. The van der Waals surface area contributed by atoms with Crippen LogP contribution in [0.3, 0.4) is 0 Å². The second-order valence-electron chi connectivity index (χ2n) is 7.07. The van der Waals surface area contributed by atoms with Crippen molar-refractivity contribution in [3.63, 3.8) is 0 Å². The summed E-state index contributed by atoms with van der Waals surface area (Å²) in [5.41, 5.74) is 3.25.